The van der Waals surface area contributed by atoms with Crippen molar-refractivity contribution in [2.45, 2.75) is 98.8 Å². The fourth-order valence-corrected chi connectivity index (χ4v) is 6.90. The van der Waals surface area contributed by atoms with Gasteiger partial charge in [-0.2, -0.15) is 0 Å². The van der Waals surface area contributed by atoms with E-state index in [0.717, 1.165) is 104 Å². The summed E-state index contributed by atoms with van der Waals surface area (Å²) in [6.45, 7) is 10.6. The number of benzene rings is 4. The molecule has 264 valence electrons. The number of phenolic OH excluding ortho intramolecular Hbond substituents is 2. The first-order valence-corrected chi connectivity index (χ1v) is 18.1. The van der Waals surface area contributed by atoms with E-state index >= 15 is 4.39 Å². The predicted octanol–water partition coefficient (Wildman–Crippen LogP) is 10.5. The van der Waals surface area contributed by atoms with Crippen LogP contribution in [0.2, 0.25) is 0 Å². The Morgan fingerprint density at radius 1 is 0.560 bits per heavy atom. The van der Waals surface area contributed by atoms with Crippen LogP contribution in [0.3, 0.4) is 0 Å². The van der Waals surface area contributed by atoms with Gasteiger partial charge in [-0.3, -0.25) is 9.59 Å². The van der Waals surface area contributed by atoms with E-state index in [4.69, 9.17) is 4.74 Å². The number of ether oxygens (including phenoxy) is 1. The molecule has 1 aliphatic rings. The van der Waals surface area contributed by atoms with Crippen molar-refractivity contribution in [3.8, 4) is 17.2 Å². The summed E-state index contributed by atoms with van der Waals surface area (Å²) in [7, 11) is 0. The van der Waals surface area contributed by atoms with Crippen molar-refractivity contribution >= 4 is 34.3 Å². The molecule has 4 N–H and O–H groups in total. The van der Waals surface area contributed by atoms with E-state index < -0.39 is 40.0 Å². The summed E-state index contributed by atoms with van der Waals surface area (Å²) in [6, 6.07) is 14.5. The molecule has 50 heavy (non-hydrogen) atoms. The Morgan fingerprint density at radius 3 is 1.40 bits per heavy atom. The predicted molar refractivity (Wildman–Crippen MR) is 199 cm³/mol. The van der Waals surface area contributed by atoms with E-state index in [1.165, 1.54) is 0 Å². The molecule has 0 saturated heterocycles. The maximum Gasteiger partial charge on any atom is 0.202 e. The van der Waals surface area contributed by atoms with Gasteiger partial charge in [-0.15, -0.1) is 0 Å². The normalized spacial score (nSPS) is 12.1. The lowest BCUT2D eigenvalue weighted by Crippen LogP contribution is -2.25. The molecular weight excluding hydrogens is 631 g/mol. The van der Waals surface area contributed by atoms with E-state index in [9.17, 15) is 19.8 Å². The van der Waals surface area contributed by atoms with E-state index in [1.807, 2.05) is 43.3 Å². The number of ketones is 2. The molecule has 0 bridgehead atoms. The van der Waals surface area contributed by atoms with Gasteiger partial charge in [-0.25, -0.2) is 4.39 Å². The smallest absolute Gasteiger partial charge is 0.202 e. The summed E-state index contributed by atoms with van der Waals surface area (Å²) in [4.78, 5) is 28.7. The molecule has 0 heterocycles. The molecule has 0 fully saturated rings. The molecule has 0 aromatic heterocycles. The monoisotopic (exact) mass is 680 g/mol. The number of aromatic hydroxyl groups is 2. The summed E-state index contributed by atoms with van der Waals surface area (Å²) < 4.78 is 24.0. The third-order valence-electron chi connectivity index (χ3n) is 9.26. The van der Waals surface area contributed by atoms with Crippen molar-refractivity contribution in [2.24, 2.45) is 0 Å². The van der Waals surface area contributed by atoms with Crippen LogP contribution in [0, 0.1) is 5.82 Å². The molecule has 0 amide bonds. The van der Waals surface area contributed by atoms with Crippen LogP contribution in [0.1, 0.15) is 127 Å². The molecule has 4 aromatic rings. The summed E-state index contributed by atoms with van der Waals surface area (Å²) in [6.07, 6.45) is 7.95. The van der Waals surface area contributed by atoms with E-state index in [1.54, 1.807) is 0 Å². The Kier molecular flexibility index (Phi) is 11.8. The molecule has 0 radical (unpaired) electrons. The number of unbranched alkanes of at least 4 members (excludes halogenated alkanes) is 1. The Labute approximate surface area is 294 Å². The molecule has 0 aliphatic heterocycles. The van der Waals surface area contributed by atoms with Crippen LogP contribution in [0.15, 0.2) is 48.5 Å². The summed E-state index contributed by atoms with van der Waals surface area (Å²) in [5.74, 6) is -3.59. The standard InChI is InChI=1S/C42H49FN2O5/c1-6-11-24-50-42-34-33(40(48)31-29(46)22-23-30(47)32(31)41(34)49)35(43)38(44-36-25(14-7-2)18-12-19-26(36)15-8-3)39(42)45-37-27(16-9-4)20-13-21-28(37)17-10-5/h12-13,18-23,44-47H,6-11,14-17,24H2,1-5H3. The fourth-order valence-electron chi connectivity index (χ4n) is 6.90. The SMILES string of the molecule is CCCCOc1c(Nc2c(CCC)cccc2CCC)c(Nc2c(CCC)cccc2CCC)c(F)c2c1C(=O)c1c(O)ccc(O)c1C2=O. The lowest BCUT2D eigenvalue weighted by Gasteiger charge is -2.29. The van der Waals surface area contributed by atoms with Gasteiger partial charge in [0.15, 0.2) is 11.6 Å². The number of hydrogen-bond donors (Lipinski definition) is 4. The first-order chi connectivity index (χ1) is 24.2. The topological polar surface area (TPSA) is 108 Å². The van der Waals surface area contributed by atoms with E-state index in [2.05, 4.69) is 38.3 Å². The second-order valence-electron chi connectivity index (χ2n) is 13.0. The highest BCUT2D eigenvalue weighted by Gasteiger charge is 2.42. The van der Waals surface area contributed by atoms with Crippen LogP contribution in [-0.2, 0) is 25.7 Å². The van der Waals surface area contributed by atoms with Crippen LogP contribution in [0.4, 0.5) is 27.1 Å². The number of hydrogen-bond acceptors (Lipinski definition) is 7. The molecule has 0 spiro atoms. The van der Waals surface area contributed by atoms with E-state index in [0.29, 0.717) is 6.42 Å². The lowest BCUT2D eigenvalue weighted by atomic mass is 9.81. The molecule has 0 unspecified atom stereocenters. The van der Waals surface area contributed by atoms with Gasteiger partial charge in [-0.05, 0) is 66.5 Å². The number of rotatable bonds is 16. The minimum atomic E-state index is -0.934. The molecule has 0 saturated carbocycles. The van der Waals surface area contributed by atoms with Gasteiger partial charge in [0.2, 0.25) is 11.6 Å². The highest BCUT2D eigenvalue weighted by Crippen LogP contribution is 2.50. The Balaban J connectivity index is 1.90. The second kappa shape index (κ2) is 16.2. The highest BCUT2D eigenvalue weighted by molar-refractivity contribution is 6.32. The average molecular weight is 681 g/mol. The van der Waals surface area contributed by atoms with Crippen molar-refractivity contribution in [3.05, 3.63) is 98.9 Å². The first kappa shape index (κ1) is 36.4. The molecule has 5 rings (SSSR count). The number of carbonyl (C=O) groups excluding carboxylic acids is 2. The molecule has 0 atom stereocenters. The zero-order valence-corrected chi connectivity index (χ0v) is 29.9. The molecular formula is C42H49FN2O5. The Hall–Kier alpha value is -4.85. The lowest BCUT2D eigenvalue weighted by molar-refractivity contribution is 0.0967. The second-order valence-corrected chi connectivity index (χ2v) is 13.0. The summed E-state index contributed by atoms with van der Waals surface area (Å²) in [5, 5.41) is 28.6. The molecule has 1 aliphatic carbocycles. The zero-order valence-electron chi connectivity index (χ0n) is 29.9. The molecule has 7 nitrogen and oxygen atoms in total. The zero-order chi connectivity index (χ0) is 35.9. The number of phenols is 2. The van der Waals surface area contributed by atoms with Crippen molar-refractivity contribution < 1.29 is 28.9 Å². The van der Waals surface area contributed by atoms with Gasteiger partial charge in [-0.1, -0.05) is 103 Å². The van der Waals surface area contributed by atoms with Gasteiger partial charge in [0.25, 0.3) is 0 Å². The number of carbonyl (C=O) groups is 2. The Bertz CT molecular complexity index is 1850. The van der Waals surface area contributed by atoms with Crippen LogP contribution in [0.25, 0.3) is 0 Å². The van der Waals surface area contributed by atoms with Crippen molar-refractivity contribution in [1.82, 2.24) is 0 Å². The van der Waals surface area contributed by atoms with Gasteiger partial charge < -0.3 is 25.6 Å². The van der Waals surface area contributed by atoms with Crippen molar-refractivity contribution in [3.63, 3.8) is 0 Å². The van der Waals surface area contributed by atoms with Crippen LogP contribution >= 0.6 is 0 Å². The summed E-state index contributed by atoms with van der Waals surface area (Å²) >= 11 is 0. The fraction of sp³-hybridized carbons (Fsp3) is 0.381. The number of anilines is 4. The van der Waals surface area contributed by atoms with Gasteiger partial charge >= 0.3 is 0 Å². The van der Waals surface area contributed by atoms with Gasteiger partial charge in [0, 0.05) is 11.4 Å². The average Bonchev–Trinajstić information content (AvgIpc) is 3.09. The number of aryl methyl sites for hydroxylation is 4. The number of halogens is 1. The summed E-state index contributed by atoms with van der Waals surface area (Å²) in [5.41, 5.74) is 4.26. The molecule has 4 aromatic carbocycles. The third-order valence-corrected chi connectivity index (χ3v) is 9.26. The minimum Gasteiger partial charge on any atom is -0.507 e. The maximum atomic E-state index is 17.6. The van der Waals surface area contributed by atoms with Crippen LogP contribution in [0.5, 0.6) is 17.2 Å². The van der Waals surface area contributed by atoms with E-state index in [-0.39, 0.29) is 34.9 Å². The van der Waals surface area contributed by atoms with Crippen LogP contribution in [-0.4, -0.2) is 28.4 Å². The third kappa shape index (κ3) is 6.93. The van der Waals surface area contributed by atoms with Crippen molar-refractivity contribution in [2.75, 3.05) is 17.2 Å². The number of para-hydroxylation sites is 2. The number of fused-ring (bicyclic) bond motifs is 2. The largest absolute Gasteiger partial charge is 0.507 e. The van der Waals surface area contributed by atoms with Gasteiger partial charge in [0.05, 0.1) is 28.9 Å². The minimum absolute atomic E-state index is 0.0193. The quantitative estimate of drug-likeness (QED) is 0.0607. The Morgan fingerprint density at radius 2 is 0.980 bits per heavy atom. The van der Waals surface area contributed by atoms with Gasteiger partial charge in [0.1, 0.15) is 22.9 Å². The highest BCUT2D eigenvalue weighted by atomic mass is 19.1. The van der Waals surface area contributed by atoms with Crippen molar-refractivity contribution in [1.29, 1.82) is 0 Å². The first-order valence-electron chi connectivity index (χ1n) is 18.1. The maximum absolute atomic E-state index is 17.6. The number of nitrogens with one attached hydrogen (secondary N) is 2. The van der Waals surface area contributed by atoms with Crippen LogP contribution < -0.4 is 15.4 Å². The molecule has 8 heteroatoms.